The highest BCUT2D eigenvalue weighted by molar-refractivity contribution is 6.33. The van der Waals surface area contributed by atoms with Crippen LogP contribution in [0, 0.1) is 5.92 Å². The van der Waals surface area contributed by atoms with Crippen molar-refractivity contribution in [1.29, 1.82) is 0 Å². The molecule has 0 aromatic heterocycles. The van der Waals surface area contributed by atoms with Crippen LogP contribution >= 0.6 is 11.6 Å². The van der Waals surface area contributed by atoms with E-state index >= 15 is 0 Å². The van der Waals surface area contributed by atoms with Crippen molar-refractivity contribution in [2.24, 2.45) is 5.92 Å². The molecular weight excluding hydrogens is 350 g/mol. The zero-order valence-electron chi connectivity index (χ0n) is 15.9. The Kier molecular flexibility index (Phi) is 5.06. The van der Waals surface area contributed by atoms with Crippen LogP contribution < -0.4 is 15.5 Å². The highest BCUT2D eigenvalue weighted by atomic mass is 35.5. The van der Waals surface area contributed by atoms with Crippen molar-refractivity contribution in [2.75, 3.05) is 11.4 Å². The monoisotopic (exact) mass is 377 g/mol. The molecular formula is C20H28ClN3O2. The number of amides is 2. The normalized spacial score (nSPS) is 25.3. The van der Waals surface area contributed by atoms with Crippen LogP contribution in [0.1, 0.15) is 47.0 Å². The first-order chi connectivity index (χ1) is 12.1. The summed E-state index contributed by atoms with van der Waals surface area (Å²) in [5.41, 5.74) is 0.613. The van der Waals surface area contributed by atoms with E-state index in [1.165, 1.54) is 0 Å². The molecule has 2 amide bonds. The van der Waals surface area contributed by atoms with Gasteiger partial charge in [-0.2, -0.15) is 0 Å². The molecule has 142 valence electrons. The van der Waals surface area contributed by atoms with Gasteiger partial charge in [-0.05, 0) is 52.7 Å². The Morgan fingerprint density at radius 3 is 2.42 bits per heavy atom. The average molecular weight is 378 g/mol. The van der Waals surface area contributed by atoms with Gasteiger partial charge in [0.05, 0.1) is 16.6 Å². The van der Waals surface area contributed by atoms with E-state index in [-0.39, 0.29) is 41.3 Å². The zero-order chi connectivity index (χ0) is 19.1. The van der Waals surface area contributed by atoms with Crippen molar-refractivity contribution in [3.63, 3.8) is 0 Å². The largest absolute Gasteiger partial charge is 0.353 e. The topological polar surface area (TPSA) is 61.4 Å². The summed E-state index contributed by atoms with van der Waals surface area (Å²) >= 11 is 6.21. The number of halogens is 1. The number of nitrogens with one attached hydrogen (secondary N) is 2. The number of hydrogen-bond donors (Lipinski definition) is 2. The average Bonchev–Trinajstić information content (AvgIpc) is 2.86. The Morgan fingerprint density at radius 1 is 1.19 bits per heavy atom. The SMILES string of the molecule is CC1(C)CC(NC(=O)[C@@H]2CC(=O)N(c3ccccc3Cl)C2)CC(C)(C)N1. The molecule has 0 saturated carbocycles. The van der Waals surface area contributed by atoms with Crippen LogP contribution in [-0.2, 0) is 9.59 Å². The van der Waals surface area contributed by atoms with Crippen LogP contribution in [-0.4, -0.2) is 35.5 Å². The number of piperidine rings is 1. The summed E-state index contributed by atoms with van der Waals surface area (Å²) in [6.45, 7) is 9.01. The van der Waals surface area contributed by atoms with Gasteiger partial charge in [0.25, 0.3) is 0 Å². The highest BCUT2D eigenvalue weighted by Crippen LogP contribution is 2.32. The van der Waals surface area contributed by atoms with Crippen molar-refractivity contribution in [2.45, 2.75) is 64.1 Å². The molecule has 26 heavy (non-hydrogen) atoms. The fourth-order valence-corrected chi connectivity index (χ4v) is 4.77. The minimum absolute atomic E-state index is 0.0329. The lowest BCUT2D eigenvalue weighted by atomic mass is 9.79. The second-order valence-electron chi connectivity index (χ2n) is 8.86. The number of anilines is 1. The Hall–Kier alpha value is -1.59. The van der Waals surface area contributed by atoms with Crippen molar-refractivity contribution in [3.8, 4) is 0 Å². The smallest absolute Gasteiger partial charge is 0.227 e. The lowest BCUT2D eigenvalue weighted by molar-refractivity contribution is -0.127. The summed E-state index contributed by atoms with van der Waals surface area (Å²) in [6.07, 6.45) is 1.98. The summed E-state index contributed by atoms with van der Waals surface area (Å²) in [5, 5.41) is 7.34. The Labute approximate surface area is 160 Å². The summed E-state index contributed by atoms with van der Waals surface area (Å²) in [4.78, 5) is 26.8. The van der Waals surface area contributed by atoms with Gasteiger partial charge in [0, 0.05) is 30.1 Å². The maximum atomic E-state index is 12.8. The molecule has 1 aromatic rings. The van der Waals surface area contributed by atoms with E-state index in [2.05, 4.69) is 38.3 Å². The van der Waals surface area contributed by atoms with Crippen molar-refractivity contribution >= 4 is 29.1 Å². The predicted octanol–water partition coefficient (Wildman–Crippen LogP) is 3.12. The third-order valence-corrected chi connectivity index (χ3v) is 5.50. The second kappa shape index (κ2) is 6.86. The first kappa shape index (κ1) is 19.2. The molecule has 1 aromatic carbocycles. The van der Waals surface area contributed by atoms with E-state index in [0.717, 1.165) is 12.8 Å². The van der Waals surface area contributed by atoms with Gasteiger partial charge in [0.2, 0.25) is 11.8 Å². The molecule has 2 fully saturated rings. The molecule has 6 heteroatoms. The van der Waals surface area contributed by atoms with Gasteiger partial charge < -0.3 is 15.5 Å². The first-order valence-corrected chi connectivity index (χ1v) is 9.59. The van der Waals surface area contributed by atoms with Gasteiger partial charge >= 0.3 is 0 Å². The molecule has 0 radical (unpaired) electrons. The quantitative estimate of drug-likeness (QED) is 0.850. The highest BCUT2D eigenvalue weighted by Gasteiger charge is 2.41. The third kappa shape index (κ3) is 4.21. The van der Waals surface area contributed by atoms with Gasteiger partial charge in [-0.15, -0.1) is 0 Å². The zero-order valence-corrected chi connectivity index (χ0v) is 16.7. The van der Waals surface area contributed by atoms with Crippen molar-refractivity contribution in [3.05, 3.63) is 29.3 Å². The Bertz CT molecular complexity index is 701. The third-order valence-electron chi connectivity index (χ3n) is 5.18. The molecule has 0 unspecified atom stereocenters. The fourth-order valence-electron chi connectivity index (χ4n) is 4.53. The van der Waals surface area contributed by atoms with Crippen molar-refractivity contribution in [1.82, 2.24) is 10.6 Å². The first-order valence-electron chi connectivity index (χ1n) is 9.21. The van der Waals surface area contributed by atoms with Crippen LogP contribution in [0.2, 0.25) is 5.02 Å². The molecule has 2 heterocycles. The maximum Gasteiger partial charge on any atom is 0.227 e. The molecule has 2 saturated heterocycles. The lowest BCUT2D eigenvalue weighted by Crippen LogP contribution is -2.62. The molecule has 2 aliphatic rings. The summed E-state index contributed by atoms with van der Waals surface area (Å²) in [5.74, 6) is -0.421. The predicted molar refractivity (Wildman–Crippen MR) is 104 cm³/mol. The van der Waals surface area contributed by atoms with Crippen LogP contribution in [0.3, 0.4) is 0 Å². The van der Waals surface area contributed by atoms with Crippen LogP contribution in [0.4, 0.5) is 5.69 Å². The summed E-state index contributed by atoms with van der Waals surface area (Å²) in [6, 6.07) is 7.37. The van der Waals surface area contributed by atoms with E-state index in [1.54, 1.807) is 11.0 Å². The Morgan fingerprint density at radius 2 is 1.81 bits per heavy atom. The molecule has 1 atom stereocenters. The molecule has 0 bridgehead atoms. The minimum atomic E-state index is -0.333. The van der Waals surface area contributed by atoms with Gasteiger partial charge in [0.15, 0.2) is 0 Å². The van der Waals surface area contributed by atoms with Gasteiger partial charge in [-0.1, -0.05) is 23.7 Å². The lowest BCUT2D eigenvalue weighted by Gasteiger charge is -2.46. The maximum absolute atomic E-state index is 12.8. The molecule has 2 aliphatic heterocycles. The molecule has 3 rings (SSSR count). The second-order valence-corrected chi connectivity index (χ2v) is 9.27. The van der Waals surface area contributed by atoms with Gasteiger partial charge in [0.1, 0.15) is 0 Å². The fraction of sp³-hybridized carbons (Fsp3) is 0.600. The molecule has 0 spiro atoms. The van der Waals surface area contributed by atoms with Crippen LogP contribution in [0.5, 0.6) is 0 Å². The van der Waals surface area contributed by atoms with Gasteiger partial charge in [-0.3, -0.25) is 9.59 Å². The van der Waals surface area contributed by atoms with E-state index in [1.807, 2.05) is 18.2 Å². The molecule has 2 N–H and O–H groups in total. The van der Waals surface area contributed by atoms with E-state index < -0.39 is 0 Å². The number of para-hydroxylation sites is 1. The number of carbonyl (C=O) groups excluding carboxylic acids is 2. The van der Waals surface area contributed by atoms with Crippen molar-refractivity contribution < 1.29 is 9.59 Å². The van der Waals surface area contributed by atoms with E-state index in [9.17, 15) is 9.59 Å². The number of rotatable bonds is 3. The summed E-state index contributed by atoms with van der Waals surface area (Å²) < 4.78 is 0. The number of hydrogen-bond acceptors (Lipinski definition) is 3. The van der Waals surface area contributed by atoms with E-state index in [4.69, 9.17) is 11.6 Å². The van der Waals surface area contributed by atoms with Gasteiger partial charge in [-0.25, -0.2) is 0 Å². The number of benzene rings is 1. The number of nitrogens with zero attached hydrogens (tertiary/aromatic N) is 1. The number of carbonyl (C=O) groups is 2. The minimum Gasteiger partial charge on any atom is -0.353 e. The molecule has 0 aliphatic carbocycles. The standard InChI is InChI=1S/C20H28ClN3O2/c1-19(2)10-14(11-20(3,4)23-19)22-18(26)13-9-17(25)24(12-13)16-8-6-5-7-15(16)21/h5-8,13-14,23H,9-12H2,1-4H3,(H,22,26)/t13-/m1/s1. The summed E-state index contributed by atoms with van der Waals surface area (Å²) in [7, 11) is 0. The molecule has 5 nitrogen and oxygen atoms in total. The van der Waals surface area contributed by atoms with E-state index in [0.29, 0.717) is 17.3 Å². The van der Waals surface area contributed by atoms with Crippen LogP contribution in [0.25, 0.3) is 0 Å². The Balaban J connectivity index is 1.66. The van der Waals surface area contributed by atoms with Crippen LogP contribution in [0.15, 0.2) is 24.3 Å².